The molecule has 2 aromatic rings. The number of sulfone groups is 1. The van der Waals surface area contributed by atoms with Gasteiger partial charge in [-0.3, -0.25) is 14.9 Å². The number of carbonyl (C=O) groups is 2. The molecule has 156 valence electrons. The highest BCUT2D eigenvalue weighted by atomic mass is 35.5. The van der Waals surface area contributed by atoms with E-state index in [4.69, 9.17) is 16.3 Å². The van der Waals surface area contributed by atoms with Gasteiger partial charge in [0.25, 0.3) is 11.6 Å². The number of nitro benzene ring substituents is 1. The minimum atomic E-state index is -3.43. The van der Waals surface area contributed by atoms with Crippen LogP contribution in [-0.2, 0) is 19.4 Å². The molecule has 0 radical (unpaired) electrons. The molecule has 11 heteroatoms. The maximum absolute atomic E-state index is 12.8. The Kier molecular flexibility index (Phi) is 6.18. The summed E-state index contributed by atoms with van der Waals surface area (Å²) in [6.07, 6.45) is 1.39. The molecule has 30 heavy (non-hydrogen) atoms. The van der Waals surface area contributed by atoms with Crippen molar-refractivity contribution in [3.05, 3.63) is 80.7 Å². The number of carbonyl (C=O) groups excluding carboxylic acids is 2. The molecule has 1 amide bonds. The largest absolute Gasteiger partial charge is 0.452 e. The Morgan fingerprint density at radius 1 is 1.20 bits per heavy atom. The molecular weight excluding hydrogens is 436 g/mol. The standard InChI is InChI=1S/C19H15ClN2O7S/c20-16-7-6-13(10-17(16)22(25)26)19(24)29-11-18(23)21(14-4-2-1-3-5-14)15-8-9-30(27,28)12-15/h1-10,15H,11-12H2. The van der Waals surface area contributed by atoms with E-state index in [-0.39, 0.29) is 16.3 Å². The summed E-state index contributed by atoms with van der Waals surface area (Å²) in [6.45, 7) is -0.686. The fraction of sp³-hybridized carbons (Fsp3) is 0.158. The predicted octanol–water partition coefficient (Wildman–Crippen LogP) is 2.75. The van der Waals surface area contributed by atoms with Crippen molar-refractivity contribution in [2.24, 2.45) is 0 Å². The zero-order valence-electron chi connectivity index (χ0n) is 15.3. The van der Waals surface area contributed by atoms with Crippen LogP contribution in [-0.4, -0.2) is 43.6 Å². The second-order valence-corrected chi connectivity index (χ2v) is 8.66. The summed E-state index contributed by atoms with van der Waals surface area (Å²) >= 11 is 5.72. The highest BCUT2D eigenvalue weighted by Gasteiger charge is 2.32. The molecule has 0 N–H and O–H groups in total. The minimum absolute atomic E-state index is 0.142. The second kappa shape index (κ2) is 8.64. The SMILES string of the molecule is O=C(OCC(=O)N(c1ccccc1)C1C=CS(=O)(=O)C1)c1ccc(Cl)c([N+](=O)[O-])c1. The highest BCUT2D eigenvalue weighted by Crippen LogP contribution is 2.26. The fourth-order valence-corrected chi connectivity index (χ4v) is 4.34. The van der Waals surface area contributed by atoms with Crippen LogP contribution >= 0.6 is 11.6 Å². The minimum Gasteiger partial charge on any atom is -0.452 e. The van der Waals surface area contributed by atoms with Crippen LogP contribution in [0.25, 0.3) is 0 Å². The Morgan fingerprint density at radius 3 is 2.50 bits per heavy atom. The van der Waals surface area contributed by atoms with Gasteiger partial charge in [-0.1, -0.05) is 29.8 Å². The van der Waals surface area contributed by atoms with E-state index in [0.717, 1.165) is 11.5 Å². The molecule has 1 heterocycles. The first-order valence-electron chi connectivity index (χ1n) is 8.57. The van der Waals surface area contributed by atoms with Gasteiger partial charge >= 0.3 is 5.97 Å². The summed E-state index contributed by atoms with van der Waals surface area (Å²) in [5.41, 5.74) is -0.175. The molecule has 0 saturated carbocycles. The number of esters is 1. The maximum Gasteiger partial charge on any atom is 0.338 e. The molecule has 2 aromatic carbocycles. The van der Waals surface area contributed by atoms with Crippen LogP contribution in [0.15, 0.2) is 60.0 Å². The number of benzene rings is 2. The van der Waals surface area contributed by atoms with Gasteiger partial charge in [0.05, 0.1) is 22.3 Å². The third-order valence-corrected chi connectivity index (χ3v) is 5.95. The number of nitrogens with zero attached hydrogens (tertiary/aromatic N) is 2. The van der Waals surface area contributed by atoms with Gasteiger partial charge in [-0.15, -0.1) is 0 Å². The van der Waals surface area contributed by atoms with E-state index in [1.807, 2.05) is 0 Å². The van der Waals surface area contributed by atoms with E-state index in [1.165, 1.54) is 23.1 Å². The van der Waals surface area contributed by atoms with Gasteiger partial charge < -0.3 is 9.64 Å². The summed E-state index contributed by atoms with van der Waals surface area (Å²) in [6, 6.07) is 11.0. The lowest BCUT2D eigenvalue weighted by Crippen LogP contribution is -2.43. The molecule has 1 aliphatic heterocycles. The van der Waals surface area contributed by atoms with Crippen molar-refractivity contribution in [1.82, 2.24) is 0 Å². The third kappa shape index (κ3) is 4.84. The Bertz CT molecular complexity index is 1130. The number of halogens is 1. The lowest BCUT2D eigenvalue weighted by molar-refractivity contribution is -0.384. The van der Waals surface area contributed by atoms with Gasteiger partial charge in [-0.25, -0.2) is 13.2 Å². The molecule has 0 aromatic heterocycles. The first kappa shape index (κ1) is 21.5. The molecule has 0 saturated heterocycles. The van der Waals surface area contributed by atoms with Gasteiger partial charge in [0, 0.05) is 17.2 Å². The van der Waals surface area contributed by atoms with E-state index in [9.17, 15) is 28.1 Å². The van der Waals surface area contributed by atoms with E-state index < -0.39 is 45.0 Å². The first-order chi connectivity index (χ1) is 14.2. The average molecular weight is 451 g/mol. The Hall–Kier alpha value is -3.24. The molecule has 0 fully saturated rings. The summed E-state index contributed by atoms with van der Waals surface area (Å²) in [5, 5.41) is 11.9. The van der Waals surface area contributed by atoms with Crippen LogP contribution in [0.1, 0.15) is 10.4 Å². The van der Waals surface area contributed by atoms with Crippen molar-refractivity contribution in [2.75, 3.05) is 17.3 Å². The van der Waals surface area contributed by atoms with E-state index in [1.54, 1.807) is 30.3 Å². The smallest absolute Gasteiger partial charge is 0.338 e. The van der Waals surface area contributed by atoms with Gasteiger partial charge in [-0.2, -0.15) is 0 Å². The van der Waals surface area contributed by atoms with E-state index in [0.29, 0.717) is 5.69 Å². The summed E-state index contributed by atoms with van der Waals surface area (Å²) in [4.78, 5) is 36.5. The van der Waals surface area contributed by atoms with Crippen molar-refractivity contribution in [3.8, 4) is 0 Å². The second-order valence-electron chi connectivity index (χ2n) is 6.32. The number of anilines is 1. The maximum atomic E-state index is 12.8. The topological polar surface area (TPSA) is 124 Å². The van der Waals surface area contributed by atoms with Crippen LogP contribution in [0.3, 0.4) is 0 Å². The van der Waals surface area contributed by atoms with Crippen molar-refractivity contribution in [1.29, 1.82) is 0 Å². The number of hydrogen-bond acceptors (Lipinski definition) is 7. The molecule has 0 spiro atoms. The van der Waals surface area contributed by atoms with Crippen molar-refractivity contribution in [3.63, 3.8) is 0 Å². The lowest BCUT2D eigenvalue weighted by atomic mass is 10.2. The van der Waals surface area contributed by atoms with Gasteiger partial charge in [-0.05, 0) is 30.3 Å². The zero-order valence-corrected chi connectivity index (χ0v) is 16.9. The van der Waals surface area contributed by atoms with Gasteiger partial charge in [0.1, 0.15) is 5.02 Å². The van der Waals surface area contributed by atoms with Crippen LogP contribution in [0.2, 0.25) is 5.02 Å². The molecule has 1 aliphatic rings. The van der Waals surface area contributed by atoms with Crippen molar-refractivity contribution < 1.29 is 27.7 Å². The van der Waals surface area contributed by atoms with Gasteiger partial charge in [0.2, 0.25) is 0 Å². The van der Waals surface area contributed by atoms with Crippen molar-refractivity contribution in [2.45, 2.75) is 6.04 Å². The van der Waals surface area contributed by atoms with Gasteiger partial charge in [0.15, 0.2) is 16.4 Å². The Labute approximate surface area is 176 Å². The number of nitro groups is 1. The van der Waals surface area contributed by atoms with Crippen LogP contribution < -0.4 is 4.90 Å². The first-order valence-corrected chi connectivity index (χ1v) is 10.7. The van der Waals surface area contributed by atoms with Crippen LogP contribution in [0, 0.1) is 10.1 Å². The molecule has 1 unspecified atom stereocenters. The van der Waals surface area contributed by atoms with E-state index >= 15 is 0 Å². The average Bonchev–Trinajstić information content (AvgIpc) is 3.06. The predicted molar refractivity (Wildman–Crippen MR) is 109 cm³/mol. The molecule has 1 atom stereocenters. The summed E-state index contributed by atoms with van der Waals surface area (Å²) < 4.78 is 28.6. The van der Waals surface area contributed by atoms with Crippen LogP contribution in [0.5, 0.6) is 0 Å². The summed E-state index contributed by atoms with van der Waals surface area (Å²) in [7, 11) is -3.43. The normalized spacial score (nSPS) is 16.8. The molecule has 0 aliphatic carbocycles. The number of ether oxygens (including phenoxy) is 1. The Balaban J connectivity index is 1.77. The van der Waals surface area contributed by atoms with Crippen molar-refractivity contribution >= 4 is 44.7 Å². The molecule has 3 rings (SSSR count). The Morgan fingerprint density at radius 2 is 1.90 bits per heavy atom. The number of hydrogen-bond donors (Lipinski definition) is 0. The summed E-state index contributed by atoms with van der Waals surface area (Å²) in [5.74, 6) is -1.89. The monoisotopic (exact) mass is 450 g/mol. The lowest BCUT2D eigenvalue weighted by Gasteiger charge is -2.27. The third-order valence-electron chi connectivity index (χ3n) is 4.25. The molecular formula is C19H15ClN2O7S. The number of rotatable bonds is 6. The quantitative estimate of drug-likeness (QED) is 0.376. The number of para-hydroxylation sites is 1. The molecule has 0 bridgehead atoms. The number of amides is 1. The molecule has 9 nitrogen and oxygen atoms in total. The zero-order chi connectivity index (χ0) is 21.9. The highest BCUT2D eigenvalue weighted by molar-refractivity contribution is 7.94. The van der Waals surface area contributed by atoms with Crippen LogP contribution in [0.4, 0.5) is 11.4 Å². The van der Waals surface area contributed by atoms with E-state index in [2.05, 4.69) is 0 Å². The fourth-order valence-electron chi connectivity index (χ4n) is 2.89.